The van der Waals surface area contributed by atoms with E-state index in [9.17, 15) is 4.79 Å². The van der Waals surface area contributed by atoms with Crippen LogP contribution in [0.4, 0.5) is 0 Å². The van der Waals surface area contributed by atoms with E-state index in [-0.39, 0.29) is 5.91 Å². The smallest absolute Gasteiger partial charge is 0.222 e. The number of hydrogen-bond donors (Lipinski definition) is 0. The summed E-state index contributed by atoms with van der Waals surface area (Å²) in [6, 6.07) is 19.5. The summed E-state index contributed by atoms with van der Waals surface area (Å²) in [6.45, 7) is 2.25. The first kappa shape index (κ1) is 23.9. The van der Waals surface area contributed by atoms with Gasteiger partial charge in [-0.3, -0.25) is 4.79 Å². The molecule has 0 atom stereocenters. The highest BCUT2D eigenvalue weighted by molar-refractivity contribution is 9.10. The number of rotatable bonds is 5. The number of aromatic nitrogens is 2. The molecular formula is C25H22Br2ClN3O2. The molecule has 0 saturated carbocycles. The Kier molecular flexibility index (Phi) is 8.17. The maximum Gasteiger partial charge on any atom is 0.222 e. The summed E-state index contributed by atoms with van der Waals surface area (Å²) in [5.74, 6) is 0.905. The number of amides is 1. The molecule has 0 N–H and O–H groups in total. The molecular weight excluding hydrogens is 570 g/mol. The van der Waals surface area contributed by atoms with Gasteiger partial charge in [-0.25, -0.2) is 9.97 Å². The summed E-state index contributed by atoms with van der Waals surface area (Å²) in [5.41, 5.74) is 1.84. The third-order valence-corrected chi connectivity index (χ3v) is 6.43. The van der Waals surface area contributed by atoms with Crippen molar-refractivity contribution in [2.45, 2.75) is 19.3 Å². The number of carbonyl (C=O) groups excluding carboxylic acids is 1. The number of pyridine rings is 2. The second-order valence-electron chi connectivity index (χ2n) is 7.64. The van der Waals surface area contributed by atoms with Crippen LogP contribution >= 0.6 is 43.5 Å². The Morgan fingerprint density at radius 1 is 0.909 bits per heavy atom. The fraction of sp³-hybridized carbons (Fsp3) is 0.240. The third kappa shape index (κ3) is 6.65. The zero-order chi connectivity index (χ0) is 23.2. The van der Waals surface area contributed by atoms with Crippen LogP contribution in [-0.4, -0.2) is 40.5 Å². The fourth-order valence-corrected chi connectivity index (χ4v) is 4.51. The van der Waals surface area contributed by atoms with Crippen molar-refractivity contribution in [2.24, 2.45) is 0 Å². The average Bonchev–Trinajstić information content (AvgIpc) is 3.22. The van der Waals surface area contributed by atoms with Crippen LogP contribution in [0.2, 0.25) is 5.15 Å². The van der Waals surface area contributed by atoms with E-state index in [1.807, 2.05) is 59.5 Å². The van der Waals surface area contributed by atoms with Crippen LogP contribution < -0.4 is 4.74 Å². The van der Waals surface area contributed by atoms with Crippen LogP contribution in [0.25, 0.3) is 21.8 Å². The van der Waals surface area contributed by atoms with Crippen molar-refractivity contribution in [2.75, 3.05) is 19.7 Å². The van der Waals surface area contributed by atoms with Gasteiger partial charge in [0.1, 0.15) is 5.15 Å². The first-order valence-corrected chi connectivity index (χ1v) is 12.6. The molecule has 1 aliphatic rings. The first-order valence-electron chi connectivity index (χ1n) is 10.7. The van der Waals surface area contributed by atoms with Crippen LogP contribution in [0.15, 0.2) is 69.6 Å². The van der Waals surface area contributed by atoms with Crippen molar-refractivity contribution >= 4 is 71.2 Å². The van der Waals surface area contributed by atoms with Crippen molar-refractivity contribution in [3.63, 3.8) is 0 Å². The van der Waals surface area contributed by atoms with E-state index in [1.165, 1.54) is 0 Å². The highest BCUT2D eigenvalue weighted by Gasteiger charge is 2.19. The molecule has 4 aromatic rings. The second-order valence-corrected chi connectivity index (χ2v) is 9.86. The molecule has 1 fully saturated rings. The average molecular weight is 592 g/mol. The lowest BCUT2D eigenvalue weighted by Gasteiger charge is -2.15. The van der Waals surface area contributed by atoms with Gasteiger partial charge < -0.3 is 9.64 Å². The van der Waals surface area contributed by atoms with E-state index in [2.05, 4.69) is 41.8 Å². The number of carbonyl (C=O) groups is 1. The standard InChI is InChI=1S/C16H17BrN2O2.C9H5BrClN/c17-13-5-6-14-12(11-13)4-7-15(18-14)21-10-2-9-19-8-1-3-16(19)20;10-7-2-3-8-6(5-7)1-4-9(11)12-8/h4-7,11H,1-3,8-10H2;1-5H. The Bertz CT molecular complexity index is 1240. The molecule has 0 radical (unpaired) electrons. The van der Waals surface area contributed by atoms with E-state index in [4.69, 9.17) is 16.3 Å². The lowest BCUT2D eigenvalue weighted by atomic mass is 10.2. The van der Waals surface area contributed by atoms with Gasteiger partial charge in [0.15, 0.2) is 0 Å². The van der Waals surface area contributed by atoms with Crippen LogP contribution in [0.1, 0.15) is 19.3 Å². The summed E-state index contributed by atoms with van der Waals surface area (Å²) in [6.07, 6.45) is 2.52. The lowest BCUT2D eigenvalue weighted by Crippen LogP contribution is -2.26. The molecule has 0 unspecified atom stereocenters. The number of fused-ring (bicyclic) bond motifs is 2. The second kappa shape index (κ2) is 11.3. The maximum atomic E-state index is 11.5. The van der Waals surface area contributed by atoms with Gasteiger partial charge in [0.25, 0.3) is 0 Å². The van der Waals surface area contributed by atoms with Gasteiger partial charge in [-0.15, -0.1) is 0 Å². The van der Waals surface area contributed by atoms with E-state index >= 15 is 0 Å². The molecule has 170 valence electrons. The summed E-state index contributed by atoms with van der Waals surface area (Å²) >= 11 is 12.6. The van der Waals surface area contributed by atoms with Crippen molar-refractivity contribution < 1.29 is 9.53 Å². The molecule has 5 rings (SSSR count). The molecule has 33 heavy (non-hydrogen) atoms. The summed E-state index contributed by atoms with van der Waals surface area (Å²) < 4.78 is 7.78. The van der Waals surface area contributed by atoms with Crippen molar-refractivity contribution in [3.05, 3.63) is 74.8 Å². The van der Waals surface area contributed by atoms with E-state index in [0.29, 0.717) is 24.1 Å². The highest BCUT2D eigenvalue weighted by atomic mass is 79.9. The predicted molar refractivity (Wildman–Crippen MR) is 140 cm³/mol. The summed E-state index contributed by atoms with van der Waals surface area (Å²) in [7, 11) is 0. The van der Waals surface area contributed by atoms with E-state index in [1.54, 1.807) is 6.07 Å². The molecule has 0 spiro atoms. The first-order chi connectivity index (χ1) is 16.0. The molecule has 1 saturated heterocycles. The lowest BCUT2D eigenvalue weighted by molar-refractivity contribution is -0.127. The molecule has 1 amide bonds. The number of nitrogens with zero attached hydrogens (tertiary/aromatic N) is 3. The summed E-state index contributed by atoms with van der Waals surface area (Å²) in [5, 5.41) is 2.71. The Labute approximate surface area is 214 Å². The molecule has 0 bridgehead atoms. The highest BCUT2D eigenvalue weighted by Crippen LogP contribution is 2.21. The fourth-order valence-electron chi connectivity index (χ4n) is 3.60. The predicted octanol–water partition coefficient (Wildman–Crippen LogP) is 7.04. The Balaban J connectivity index is 0.000000183. The Hall–Kier alpha value is -2.22. The monoisotopic (exact) mass is 589 g/mol. The minimum absolute atomic E-state index is 0.268. The summed E-state index contributed by atoms with van der Waals surface area (Å²) in [4.78, 5) is 22.0. The van der Waals surface area contributed by atoms with Gasteiger partial charge in [0.05, 0.1) is 17.6 Å². The minimum Gasteiger partial charge on any atom is -0.478 e. The Morgan fingerprint density at radius 3 is 2.24 bits per heavy atom. The molecule has 1 aliphatic heterocycles. The molecule has 2 aromatic carbocycles. The molecule has 5 nitrogen and oxygen atoms in total. The maximum absolute atomic E-state index is 11.5. The van der Waals surface area contributed by atoms with Crippen molar-refractivity contribution in [3.8, 4) is 5.88 Å². The largest absolute Gasteiger partial charge is 0.478 e. The number of benzene rings is 2. The normalized spacial score (nSPS) is 13.3. The molecule has 0 aliphatic carbocycles. The van der Waals surface area contributed by atoms with Gasteiger partial charge in [-0.05, 0) is 67.4 Å². The number of halogens is 3. The molecule has 2 aromatic heterocycles. The van der Waals surface area contributed by atoms with Gasteiger partial charge in [0, 0.05) is 45.3 Å². The van der Waals surface area contributed by atoms with Crippen LogP contribution in [0, 0.1) is 0 Å². The quantitative estimate of drug-likeness (QED) is 0.185. The number of hydrogen-bond acceptors (Lipinski definition) is 4. The SMILES string of the molecule is Clc1ccc2cc(Br)ccc2n1.O=C1CCCN1CCCOc1ccc2cc(Br)ccc2n1. The van der Waals surface area contributed by atoms with Gasteiger partial charge in [0.2, 0.25) is 11.8 Å². The van der Waals surface area contributed by atoms with Crippen LogP contribution in [0.5, 0.6) is 5.88 Å². The molecule has 3 heterocycles. The van der Waals surface area contributed by atoms with Crippen molar-refractivity contribution in [1.82, 2.24) is 14.9 Å². The van der Waals surface area contributed by atoms with Gasteiger partial charge in [-0.2, -0.15) is 0 Å². The van der Waals surface area contributed by atoms with E-state index < -0.39 is 0 Å². The van der Waals surface area contributed by atoms with Crippen LogP contribution in [-0.2, 0) is 4.79 Å². The number of ether oxygens (including phenoxy) is 1. The zero-order valence-corrected chi connectivity index (χ0v) is 21.7. The van der Waals surface area contributed by atoms with E-state index in [0.717, 1.165) is 56.7 Å². The molecule has 8 heteroatoms. The minimum atomic E-state index is 0.268. The zero-order valence-electron chi connectivity index (χ0n) is 17.8. The van der Waals surface area contributed by atoms with Crippen molar-refractivity contribution in [1.29, 1.82) is 0 Å². The van der Waals surface area contributed by atoms with Gasteiger partial charge in [-0.1, -0.05) is 43.5 Å². The van der Waals surface area contributed by atoms with Gasteiger partial charge >= 0.3 is 0 Å². The topological polar surface area (TPSA) is 55.3 Å². The Morgan fingerprint density at radius 2 is 1.58 bits per heavy atom. The third-order valence-electron chi connectivity index (χ3n) is 5.24. The van der Waals surface area contributed by atoms with Crippen LogP contribution in [0.3, 0.4) is 0 Å². The number of likely N-dealkylation sites (tertiary alicyclic amines) is 1.